The van der Waals surface area contributed by atoms with Crippen molar-refractivity contribution in [2.24, 2.45) is 0 Å². The maximum atomic E-state index is 13.3. The zero-order valence-corrected chi connectivity index (χ0v) is 20.9. The maximum absolute atomic E-state index is 13.3. The van der Waals surface area contributed by atoms with Crippen molar-refractivity contribution in [3.63, 3.8) is 0 Å². The molecule has 172 valence electrons. The summed E-state index contributed by atoms with van der Waals surface area (Å²) in [5.74, 6) is 0.616. The fourth-order valence-corrected chi connectivity index (χ4v) is 5.63. The van der Waals surface area contributed by atoms with Crippen LogP contribution >= 0.6 is 24.0 Å². The molecule has 2 unspecified atom stereocenters. The van der Waals surface area contributed by atoms with Crippen LogP contribution in [0.1, 0.15) is 57.2 Å². The molecule has 9 heteroatoms. The molecule has 1 aromatic rings. The SMILES string of the molecule is CCCCn1c(N2CC(C)OC(C)C2)c(/C=C2/SC(=S)N(CC)C2=O)c(C)c(C#N)c1=O. The minimum atomic E-state index is -0.279. The average molecular weight is 475 g/mol. The maximum Gasteiger partial charge on any atom is 0.270 e. The second-order valence-electron chi connectivity index (χ2n) is 8.25. The highest BCUT2D eigenvalue weighted by Crippen LogP contribution is 2.36. The molecule has 0 spiro atoms. The first-order chi connectivity index (χ1) is 15.2. The van der Waals surface area contributed by atoms with Gasteiger partial charge in [-0.3, -0.25) is 19.1 Å². The first-order valence-corrected chi connectivity index (χ1v) is 12.3. The molecule has 0 bridgehead atoms. The number of anilines is 1. The fourth-order valence-electron chi connectivity index (χ4n) is 4.26. The fraction of sp³-hybridized carbons (Fsp3) is 0.565. The van der Waals surface area contributed by atoms with E-state index in [-0.39, 0.29) is 29.2 Å². The summed E-state index contributed by atoms with van der Waals surface area (Å²) >= 11 is 6.64. The number of carbonyl (C=O) groups excluding carboxylic acids is 1. The number of aromatic nitrogens is 1. The lowest BCUT2D eigenvalue weighted by atomic mass is 10.0. The van der Waals surface area contributed by atoms with Gasteiger partial charge in [0.1, 0.15) is 21.8 Å². The Bertz CT molecular complexity index is 1050. The number of likely N-dealkylation sites (N-methyl/N-ethyl adjacent to an activating group) is 1. The van der Waals surface area contributed by atoms with Gasteiger partial charge in [0.15, 0.2) is 0 Å². The predicted molar refractivity (Wildman–Crippen MR) is 133 cm³/mol. The average Bonchev–Trinajstić information content (AvgIpc) is 3.00. The number of nitrogens with zero attached hydrogens (tertiary/aromatic N) is 4. The molecule has 0 saturated carbocycles. The van der Waals surface area contributed by atoms with E-state index in [0.717, 1.165) is 24.2 Å². The first kappa shape index (κ1) is 24.5. The van der Waals surface area contributed by atoms with Crippen molar-refractivity contribution in [3.05, 3.63) is 31.9 Å². The Morgan fingerprint density at radius 1 is 1.25 bits per heavy atom. The van der Waals surface area contributed by atoms with Gasteiger partial charge in [-0.25, -0.2) is 0 Å². The number of morpholine rings is 1. The van der Waals surface area contributed by atoms with Gasteiger partial charge in [-0.2, -0.15) is 5.26 Å². The molecular weight excluding hydrogens is 444 g/mol. The topological polar surface area (TPSA) is 78.6 Å². The molecular formula is C23H30N4O3S2. The third-order valence-electron chi connectivity index (χ3n) is 5.77. The number of hydrogen-bond acceptors (Lipinski definition) is 7. The second kappa shape index (κ2) is 10.2. The third kappa shape index (κ3) is 4.63. The molecule has 2 saturated heterocycles. The van der Waals surface area contributed by atoms with Crippen LogP contribution in [0.2, 0.25) is 0 Å². The van der Waals surface area contributed by atoms with Crippen molar-refractivity contribution in [1.82, 2.24) is 9.47 Å². The van der Waals surface area contributed by atoms with E-state index < -0.39 is 0 Å². The Morgan fingerprint density at radius 2 is 1.91 bits per heavy atom. The highest BCUT2D eigenvalue weighted by molar-refractivity contribution is 8.26. The lowest BCUT2D eigenvalue weighted by Gasteiger charge is -2.39. The van der Waals surface area contributed by atoms with Crippen molar-refractivity contribution in [2.75, 3.05) is 24.5 Å². The van der Waals surface area contributed by atoms with E-state index in [0.29, 0.717) is 41.0 Å². The van der Waals surface area contributed by atoms with Gasteiger partial charge in [-0.1, -0.05) is 37.3 Å². The van der Waals surface area contributed by atoms with Gasteiger partial charge >= 0.3 is 0 Å². The van der Waals surface area contributed by atoms with Gasteiger partial charge < -0.3 is 9.64 Å². The number of nitriles is 1. The molecule has 7 nitrogen and oxygen atoms in total. The van der Waals surface area contributed by atoms with E-state index in [2.05, 4.69) is 17.9 Å². The highest BCUT2D eigenvalue weighted by atomic mass is 32.2. The molecule has 2 fully saturated rings. The molecule has 32 heavy (non-hydrogen) atoms. The van der Waals surface area contributed by atoms with E-state index in [1.807, 2.05) is 26.8 Å². The number of carbonyl (C=O) groups is 1. The molecule has 2 aliphatic heterocycles. The molecule has 3 heterocycles. The monoisotopic (exact) mass is 474 g/mol. The number of pyridine rings is 1. The molecule has 0 radical (unpaired) electrons. The summed E-state index contributed by atoms with van der Waals surface area (Å²) in [7, 11) is 0. The van der Waals surface area contributed by atoms with Crippen molar-refractivity contribution in [2.45, 2.75) is 66.2 Å². The number of rotatable bonds is 6. The minimum absolute atomic E-state index is 0.00409. The van der Waals surface area contributed by atoms with Crippen LogP contribution in [0.5, 0.6) is 0 Å². The van der Waals surface area contributed by atoms with E-state index in [4.69, 9.17) is 17.0 Å². The Morgan fingerprint density at radius 3 is 2.44 bits per heavy atom. The summed E-state index contributed by atoms with van der Waals surface area (Å²) in [4.78, 5) is 30.5. The molecule has 0 N–H and O–H groups in total. The lowest BCUT2D eigenvalue weighted by Crippen LogP contribution is -2.48. The molecule has 3 rings (SSSR count). The van der Waals surface area contributed by atoms with Gasteiger partial charge in [0.2, 0.25) is 0 Å². The third-order valence-corrected chi connectivity index (χ3v) is 7.14. The lowest BCUT2D eigenvalue weighted by molar-refractivity contribution is -0.121. The molecule has 1 aromatic heterocycles. The largest absolute Gasteiger partial charge is 0.372 e. The highest BCUT2D eigenvalue weighted by Gasteiger charge is 2.33. The quantitative estimate of drug-likeness (QED) is 0.460. The number of thiocarbonyl (C=S) groups is 1. The van der Waals surface area contributed by atoms with Crippen LogP contribution in [0.4, 0.5) is 5.82 Å². The Labute approximate surface area is 199 Å². The van der Waals surface area contributed by atoms with Crippen LogP contribution in [-0.2, 0) is 16.1 Å². The summed E-state index contributed by atoms with van der Waals surface area (Å²) in [5, 5.41) is 9.78. The van der Waals surface area contributed by atoms with Crippen LogP contribution in [0.25, 0.3) is 6.08 Å². The van der Waals surface area contributed by atoms with Crippen LogP contribution in [0, 0.1) is 18.3 Å². The molecule has 2 atom stereocenters. The number of hydrogen-bond donors (Lipinski definition) is 0. The standard InChI is InChI=1S/C23H30N4O3S2/c1-6-8-9-27-20(25-12-14(3)30-15(4)13-25)17(16(5)18(11-24)21(27)28)10-19-22(29)26(7-2)23(31)32-19/h10,14-15H,6-9,12-13H2,1-5H3/b19-10+. The second-order valence-corrected chi connectivity index (χ2v) is 9.92. The summed E-state index contributed by atoms with van der Waals surface area (Å²) < 4.78 is 8.16. The van der Waals surface area contributed by atoms with Gasteiger partial charge in [0.05, 0.1) is 17.1 Å². The van der Waals surface area contributed by atoms with Crippen molar-refractivity contribution in [1.29, 1.82) is 5.26 Å². The molecule has 1 amide bonds. The van der Waals surface area contributed by atoms with E-state index in [9.17, 15) is 14.9 Å². The summed E-state index contributed by atoms with van der Waals surface area (Å²) in [5.41, 5.74) is 1.17. The Balaban J connectivity index is 2.28. The smallest absolute Gasteiger partial charge is 0.270 e. The Hall–Kier alpha value is -2.15. The number of amides is 1. The zero-order chi connectivity index (χ0) is 23.6. The first-order valence-electron chi connectivity index (χ1n) is 11.1. The zero-order valence-electron chi connectivity index (χ0n) is 19.3. The van der Waals surface area contributed by atoms with Crippen molar-refractivity contribution in [3.8, 4) is 6.07 Å². The van der Waals surface area contributed by atoms with Crippen LogP contribution < -0.4 is 10.5 Å². The molecule has 2 aliphatic rings. The van der Waals surface area contributed by atoms with Gasteiger partial charge in [-0.05, 0) is 45.8 Å². The van der Waals surface area contributed by atoms with Gasteiger partial charge in [0, 0.05) is 31.7 Å². The van der Waals surface area contributed by atoms with E-state index >= 15 is 0 Å². The summed E-state index contributed by atoms with van der Waals surface area (Å²) in [6.07, 6.45) is 3.54. The predicted octanol–water partition coefficient (Wildman–Crippen LogP) is 3.66. The van der Waals surface area contributed by atoms with Crippen molar-refractivity contribution < 1.29 is 9.53 Å². The number of thioether (sulfide) groups is 1. The van der Waals surface area contributed by atoms with Gasteiger partial charge in [-0.15, -0.1) is 0 Å². The van der Waals surface area contributed by atoms with Crippen LogP contribution in [-0.4, -0.2) is 51.5 Å². The van der Waals surface area contributed by atoms with Crippen LogP contribution in [0.3, 0.4) is 0 Å². The molecule has 0 aliphatic carbocycles. The summed E-state index contributed by atoms with van der Waals surface area (Å²) in [6.45, 7) is 12.0. The minimum Gasteiger partial charge on any atom is -0.372 e. The van der Waals surface area contributed by atoms with Crippen LogP contribution in [0.15, 0.2) is 9.70 Å². The van der Waals surface area contributed by atoms with E-state index in [1.165, 1.54) is 11.8 Å². The molecule has 0 aromatic carbocycles. The summed E-state index contributed by atoms with van der Waals surface area (Å²) in [6, 6.07) is 2.10. The normalized spacial score (nSPS) is 22.7. The number of unbranched alkanes of at least 4 members (excludes halogenated alkanes) is 1. The number of ether oxygens (including phenoxy) is 1. The van der Waals surface area contributed by atoms with Crippen molar-refractivity contribution >= 4 is 46.1 Å². The van der Waals surface area contributed by atoms with E-state index in [1.54, 1.807) is 16.4 Å². The van der Waals surface area contributed by atoms with Gasteiger partial charge in [0.25, 0.3) is 11.5 Å². The Kier molecular flexibility index (Phi) is 7.80.